The molecule has 0 aliphatic rings. The molecule has 0 fully saturated rings. The minimum Gasteiger partial charge on any atom is -0.0744 e. The Morgan fingerprint density at radius 1 is 1.09 bits per heavy atom. The summed E-state index contributed by atoms with van der Waals surface area (Å²) in [4.78, 5) is 0. The molecule has 0 saturated carbocycles. The molecule has 65 valence electrons. The lowest BCUT2D eigenvalue weighted by Crippen LogP contribution is -1.82. The molecule has 11 heavy (non-hydrogen) atoms. The van der Waals surface area contributed by atoms with Gasteiger partial charge in [-0.2, -0.15) is 0 Å². The van der Waals surface area contributed by atoms with Gasteiger partial charge >= 0.3 is 0 Å². The van der Waals surface area contributed by atoms with Gasteiger partial charge in [-0.25, -0.2) is 0 Å². The quantitative estimate of drug-likeness (QED) is 0.521. The van der Waals surface area contributed by atoms with Crippen LogP contribution in [0.5, 0.6) is 0 Å². The van der Waals surface area contributed by atoms with Crippen molar-refractivity contribution in [1.29, 1.82) is 0 Å². The maximum Gasteiger partial charge on any atom is -0.0283 e. The average molecular weight is 153 g/mol. The van der Waals surface area contributed by atoms with Crippen molar-refractivity contribution in [2.24, 2.45) is 0 Å². The molecule has 0 saturated heterocycles. The fourth-order valence-electron chi connectivity index (χ4n) is 1.03. The summed E-state index contributed by atoms with van der Waals surface area (Å²) < 4.78 is 0. The maximum absolute atomic E-state index is 3.92. The third kappa shape index (κ3) is 6.15. The summed E-state index contributed by atoms with van der Waals surface area (Å²) in [6, 6.07) is 0. The van der Waals surface area contributed by atoms with Gasteiger partial charge in [-0.05, 0) is 33.6 Å². The monoisotopic (exact) mass is 153 g/mol. The summed E-state index contributed by atoms with van der Waals surface area (Å²) in [5.41, 5.74) is 2.72. The molecule has 0 bridgehead atoms. The van der Waals surface area contributed by atoms with Gasteiger partial charge in [-0.1, -0.05) is 37.3 Å². The second-order valence-electron chi connectivity index (χ2n) is 3.37. The highest BCUT2D eigenvalue weighted by molar-refractivity contribution is 5.11. The third-order valence-electron chi connectivity index (χ3n) is 2.13. The maximum atomic E-state index is 3.92. The first-order valence-corrected chi connectivity index (χ1v) is 4.66. The molecular weight excluding hydrogens is 132 g/mol. The molecule has 0 aliphatic heterocycles. The number of allylic oxidation sites excluding steroid dienone is 2. The van der Waals surface area contributed by atoms with Crippen LogP contribution in [0.4, 0.5) is 0 Å². The second kappa shape index (κ2) is 6.45. The van der Waals surface area contributed by atoms with E-state index < -0.39 is 0 Å². The minimum atomic E-state index is 1.25. The molecule has 1 radical (unpaired) electrons. The van der Waals surface area contributed by atoms with Crippen LogP contribution < -0.4 is 0 Å². The summed E-state index contributed by atoms with van der Waals surface area (Å²) in [5, 5.41) is 0. The Labute approximate surface area is 71.7 Å². The van der Waals surface area contributed by atoms with E-state index in [1.54, 1.807) is 0 Å². The molecule has 0 N–H and O–H groups in total. The van der Waals surface area contributed by atoms with Crippen LogP contribution in [0.2, 0.25) is 0 Å². The van der Waals surface area contributed by atoms with E-state index in [2.05, 4.69) is 27.7 Å². The first-order valence-electron chi connectivity index (χ1n) is 4.66. The number of rotatable bonds is 5. The van der Waals surface area contributed by atoms with Crippen LogP contribution in [0.1, 0.15) is 52.9 Å². The molecule has 0 aromatic rings. The van der Waals surface area contributed by atoms with Crippen LogP contribution >= 0.6 is 0 Å². The van der Waals surface area contributed by atoms with E-state index >= 15 is 0 Å². The zero-order valence-electron chi connectivity index (χ0n) is 8.24. The lowest BCUT2D eigenvalue weighted by molar-refractivity contribution is 0.663. The van der Waals surface area contributed by atoms with Crippen molar-refractivity contribution in [2.75, 3.05) is 0 Å². The molecular formula is C11H21. The Hall–Kier alpha value is -0.260. The third-order valence-corrected chi connectivity index (χ3v) is 2.13. The average Bonchev–Trinajstić information content (AvgIpc) is 1.97. The number of hydrogen-bond acceptors (Lipinski definition) is 0. The Morgan fingerprint density at radius 2 is 1.73 bits per heavy atom. The number of hydrogen-bond donors (Lipinski definition) is 0. The van der Waals surface area contributed by atoms with Crippen LogP contribution in [0.3, 0.4) is 0 Å². The molecule has 0 nitrogen and oxygen atoms in total. The van der Waals surface area contributed by atoms with Crippen molar-refractivity contribution in [3.8, 4) is 0 Å². The highest BCUT2D eigenvalue weighted by Crippen LogP contribution is 2.12. The summed E-state index contributed by atoms with van der Waals surface area (Å²) in [5.74, 6) is 0. The standard InChI is InChI=1S/C11H21/c1-5-6-7-8-9-11(4)10(2)3/h2,5-9H2,1,3-4H3/b11-10-. The van der Waals surface area contributed by atoms with Gasteiger partial charge in [-0.15, -0.1) is 0 Å². The summed E-state index contributed by atoms with van der Waals surface area (Å²) in [6.07, 6.45) is 6.67. The van der Waals surface area contributed by atoms with E-state index in [4.69, 9.17) is 0 Å². The number of unbranched alkanes of at least 4 members (excludes halogenated alkanes) is 3. The van der Waals surface area contributed by atoms with Crippen molar-refractivity contribution < 1.29 is 0 Å². The van der Waals surface area contributed by atoms with E-state index in [1.165, 1.54) is 43.3 Å². The van der Waals surface area contributed by atoms with Crippen molar-refractivity contribution in [1.82, 2.24) is 0 Å². The molecule has 0 spiro atoms. The molecule has 0 rings (SSSR count). The molecule has 0 atom stereocenters. The summed E-state index contributed by atoms with van der Waals surface area (Å²) in [7, 11) is 0. The molecule has 0 unspecified atom stereocenters. The van der Waals surface area contributed by atoms with Gasteiger partial charge in [0.25, 0.3) is 0 Å². The Balaban J connectivity index is 3.32. The van der Waals surface area contributed by atoms with E-state index in [0.717, 1.165) is 0 Å². The molecule has 0 heterocycles. The van der Waals surface area contributed by atoms with Crippen LogP contribution in [0.15, 0.2) is 11.1 Å². The predicted molar refractivity (Wildman–Crippen MR) is 52.5 cm³/mol. The van der Waals surface area contributed by atoms with E-state index in [0.29, 0.717) is 0 Å². The SMILES string of the molecule is [CH2]/C(C)=C(\C)CCCCCC. The van der Waals surface area contributed by atoms with Gasteiger partial charge < -0.3 is 0 Å². The van der Waals surface area contributed by atoms with Gasteiger partial charge in [0.05, 0.1) is 0 Å². The zero-order valence-corrected chi connectivity index (χ0v) is 8.24. The van der Waals surface area contributed by atoms with Crippen molar-refractivity contribution in [3.05, 3.63) is 18.1 Å². The molecule has 0 aromatic carbocycles. The molecule has 0 aromatic heterocycles. The smallest absolute Gasteiger partial charge is 0.0283 e. The first-order chi connectivity index (χ1) is 5.18. The lowest BCUT2D eigenvalue weighted by atomic mass is 10.0. The Morgan fingerprint density at radius 3 is 2.18 bits per heavy atom. The minimum absolute atomic E-state index is 1.25. The predicted octanol–water partition coefficient (Wildman–Crippen LogP) is 4.13. The van der Waals surface area contributed by atoms with Crippen LogP contribution in [-0.2, 0) is 0 Å². The molecule has 0 heteroatoms. The van der Waals surface area contributed by atoms with Gasteiger partial charge in [0.1, 0.15) is 0 Å². The fraction of sp³-hybridized carbons (Fsp3) is 0.727. The van der Waals surface area contributed by atoms with Crippen LogP contribution in [0.25, 0.3) is 0 Å². The van der Waals surface area contributed by atoms with Gasteiger partial charge in [0, 0.05) is 0 Å². The second-order valence-corrected chi connectivity index (χ2v) is 3.37. The summed E-state index contributed by atoms with van der Waals surface area (Å²) in [6.45, 7) is 10.4. The molecule has 0 amide bonds. The van der Waals surface area contributed by atoms with Gasteiger partial charge in [0.2, 0.25) is 0 Å². The zero-order chi connectivity index (χ0) is 8.69. The van der Waals surface area contributed by atoms with E-state index in [-0.39, 0.29) is 0 Å². The highest BCUT2D eigenvalue weighted by Gasteiger charge is 1.92. The topological polar surface area (TPSA) is 0 Å². The van der Waals surface area contributed by atoms with Gasteiger partial charge in [-0.3, -0.25) is 0 Å². The fourth-order valence-corrected chi connectivity index (χ4v) is 1.03. The van der Waals surface area contributed by atoms with E-state index in [1.807, 2.05) is 0 Å². The van der Waals surface area contributed by atoms with E-state index in [9.17, 15) is 0 Å². The Bertz CT molecular complexity index is 116. The van der Waals surface area contributed by atoms with Crippen molar-refractivity contribution >= 4 is 0 Å². The molecule has 0 aliphatic carbocycles. The van der Waals surface area contributed by atoms with Crippen LogP contribution in [-0.4, -0.2) is 0 Å². The largest absolute Gasteiger partial charge is 0.0744 e. The van der Waals surface area contributed by atoms with Crippen molar-refractivity contribution in [3.63, 3.8) is 0 Å². The van der Waals surface area contributed by atoms with Crippen molar-refractivity contribution in [2.45, 2.75) is 52.9 Å². The first kappa shape index (κ1) is 10.7. The van der Waals surface area contributed by atoms with Gasteiger partial charge in [0.15, 0.2) is 0 Å². The van der Waals surface area contributed by atoms with Crippen LogP contribution in [0, 0.1) is 6.92 Å². The summed E-state index contributed by atoms with van der Waals surface area (Å²) >= 11 is 0. The highest BCUT2D eigenvalue weighted by atomic mass is 14.0. The lowest BCUT2D eigenvalue weighted by Gasteiger charge is -2.02. The normalized spacial score (nSPS) is 13.1. The Kier molecular flexibility index (Phi) is 6.30.